The van der Waals surface area contributed by atoms with Gasteiger partial charge in [0.2, 0.25) is 0 Å². The summed E-state index contributed by atoms with van der Waals surface area (Å²) in [6.07, 6.45) is 8.23. The fourth-order valence-corrected chi connectivity index (χ4v) is 2.65. The van der Waals surface area contributed by atoms with Crippen LogP contribution in [0.4, 0.5) is 0 Å². The van der Waals surface area contributed by atoms with Crippen molar-refractivity contribution in [3.05, 3.63) is 76.7 Å². The summed E-state index contributed by atoms with van der Waals surface area (Å²) in [5.41, 5.74) is 4.21. The maximum absolute atomic E-state index is 5.98. The number of aryl methyl sites for hydroxylation is 3. The van der Waals surface area contributed by atoms with E-state index in [1.54, 1.807) is 0 Å². The lowest BCUT2D eigenvalue weighted by molar-refractivity contribution is 0.759. The standard InChI is InChI=1S/C19H22Cl/c1-16-9-6-7-13-18(16)12-5-3-2-4-10-17-11-8-14-19(20)15-17/h3,6-9,11,13-15H,2,4-5,10,12H2,1H3. The van der Waals surface area contributed by atoms with Crippen molar-refractivity contribution in [2.24, 2.45) is 0 Å². The monoisotopic (exact) mass is 285 g/mol. The molecule has 105 valence electrons. The quantitative estimate of drug-likeness (QED) is 0.563. The molecule has 0 aliphatic carbocycles. The highest BCUT2D eigenvalue weighted by atomic mass is 35.5. The third-order valence-electron chi connectivity index (χ3n) is 3.64. The molecule has 0 aliphatic heterocycles. The summed E-state index contributed by atoms with van der Waals surface area (Å²) in [6, 6.07) is 16.8. The van der Waals surface area contributed by atoms with Crippen molar-refractivity contribution in [3.63, 3.8) is 0 Å². The van der Waals surface area contributed by atoms with Crippen LogP contribution in [0.5, 0.6) is 0 Å². The molecule has 0 heterocycles. The normalized spacial score (nSPS) is 10.7. The lowest BCUT2D eigenvalue weighted by atomic mass is 10.0. The van der Waals surface area contributed by atoms with Crippen LogP contribution in [-0.4, -0.2) is 0 Å². The van der Waals surface area contributed by atoms with Gasteiger partial charge in [-0.25, -0.2) is 0 Å². The third-order valence-corrected chi connectivity index (χ3v) is 3.88. The van der Waals surface area contributed by atoms with Crippen LogP contribution in [-0.2, 0) is 12.8 Å². The minimum absolute atomic E-state index is 0.839. The lowest BCUT2D eigenvalue weighted by Crippen LogP contribution is -1.91. The molecular formula is C19H22Cl. The molecule has 0 unspecified atom stereocenters. The molecule has 0 saturated carbocycles. The summed E-state index contributed by atoms with van der Waals surface area (Å²) < 4.78 is 0. The Morgan fingerprint density at radius 2 is 1.80 bits per heavy atom. The molecule has 2 aromatic rings. The lowest BCUT2D eigenvalue weighted by Gasteiger charge is -2.05. The summed E-state index contributed by atoms with van der Waals surface area (Å²) in [7, 11) is 0. The Morgan fingerprint density at radius 1 is 0.950 bits per heavy atom. The first-order chi connectivity index (χ1) is 9.75. The van der Waals surface area contributed by atoms with Crippen LogP contribution < -0.4 is 0 Å². The number of benzene rings is 2. The number of hydrogen-bond donors (Lipinski definition) is 0. The molecule has 1 radical (unpaired) electrons. The molecule has 0 spiro atoms. The van der Waals surface area contributed by atoms with Gasteiger partial charge in [0, 0.05) is 5.02 Å². The molecule has 2 aromatic carbocycles. The van der Waals surface area contributed by atoms with E-state index < -0.39 is 0 Å². The molecule has 0 N–H and O–H groups in total. The number of rotatable bonds is 7. The van der Waals surface area contributed by atoms with Crippen molar-refractivity contribution in [2.45, 2.75) is 39.0 Å². The Morgan fingerprint density at radius 3 is 2.60 bits per heavy atom. The summed E-state index contributed by atoms with van der Waals surface area (Å²) in [6.45, 7) is 2.19. The third kappa shape index (κ3) is 5.02. The summed E-state index contributed by atoms with van der Waals surface area (Å²) in [5, 5.41) is 0.839. The van der Waals surface area contributed by atoms with E-state index in [9.17, 15) is 0 Å². The summed E-state index contributed by atoms with van der Waals surface area (Å²) in [5.74, 6) is 0. The van der Waals surface area contributed by atoms with E-state index in [0.29, 0.717) is 0 Å². The zero-order valence-corrected chi connectivity index (χ0v) is 12.9. The van der Waals surface area contributed by atoms with E-state index >= 15 is 0 Å². The highest BCUT2D eigenvalue weighted by Crippen LogP contribution is 2.15. The van der Waals surface area contributed by atoms with Gasteiger partial charge in [-0.3, -0.25) is 0 Å². The van der Waals surface area contributed by atoms with Gasteiger partial charge in [0.1, 0.15) is 0 Å². The Labute approximate surface area is 127 Å². The van der Waals surface area contributed by atoms with Gasteiger partial charge in [0.25, 0.3) is 0 Å². The number of unbranched alkanes of at least 4 members (excludes halogenated alkanes) is 3. The molecule has 0 amide bonds. The molecule has 0 fully saturated rings. The first-order valence-electron chi connectivity index (χ1n) is 7.36. The average Bonchev–Trinajstić information content (AvgIpc) is 2.44. The van der Waals surface area contributed by atoms with Gasteiger partial charge >= 0.3 is 0 Å². The maximum Gasteiger partial charge on any atom is 0.0408 e. The van der Waals surface area contributed by atoms with Gasteiger partial charge < -0.3 is 0 Å². The maximum atomic E-state index is 5.98. The van der Waals surface area contributed by atoms with Gasteiger partial charge in [-0.15, -0.1) is 0 Å². The second kappa shape index (κ2) is 8.11. The predicted molar refractivity (Wildman–Crippen MR) is 88.2 cm³/mol. The molecule has 20 heavy (non-hydrogen) atoms. The van der Waals surface area contributed by atoms with Crippen LogP contribution in [0.3, 0.4) is 0 Å². The van der Waals surface area contributed by atoms with Crippen LogP contribution in [0.2, 0.25) is 5.02 Å². The first kappa shape index (κ1) is 15.1. The average molecular weight is 286 g/mol. The summed E-state index contributed by atoms with van der Waals surface area (Å²) >= 11 is 5.98. The van der Waals surface area contributed by atoms with E-state index in [0.717, 1.165) is 17.9 Å². The molecular weight excluding hydrogens is 264 g/mol. The Kier molecular flexibility index (Phi) is 6.14. The predicted octanol–water partition coefficient (Wildman–Crippen LogP) is 5.81. The molecule has 0 aliphatic rings. The largest absolute Gasteiger partial charge is 0.0843 e. The highest BCUT2D eigenvalue weighted by Gasteiger charge is 1.98. The van der Waals surface area contributed by atoms with Gasteiger partial charge in [-0.05, 0) is 74.3 Å². The fourth-order valence-electron chi connectivity index (χ4n) is 2.44. The summed E-state index contributed by atoms with van der Waals surface area (Å²) in [4.78, 5) is 0. The van der Waals surface area contributed by atoms with Crippen LogP contribution in [0.1, 0.15) is 36.0 Å². The van der Waals surface area contributed by atoms with Crippen LogP contribution in [0, 0.1) is 13.3 Å². The van der Waals surface area contributed by atoms with Crippen molar-refractivity contribution in [3.8, 4) is 0 Å². The van der Waals surface area contributed by atoms with E-state index in [2.05, 4.69) is 49.7 Å². The molecule has 0 nitrogen and oxygen atoms in total. The van der Waals surface area contributed by atoms with E-state index in [1.165, 1.54) is 36.0 Å². The van der Waals surface area contributed by atoms with Crippen LogP contribution in [0.25, 0.3) is 0 Å². The highest BCUT2D eigenvalue weighted by molar-refractivity contribution is 6.30. The molecule has 2 rings (SSSR count). The van der Waals surface area contributed by atoms with Crippen molar-refractivity contribution >= 4 is 11.6 Å². The number of halogens is 1. The minimum atomic E-state index is 0.839. The molecule has 0 bridgehead atoms. The van der Waals surface area contributed by atoms with Crippen LogP contribution in [0.15, 0.2) is 48.5 Å². The zero-order chi connectivity index (χ0) is 14.2. The number of hydrogen-bond acceptors (Lipinski definition) is 0. The van der Waals surface area contributed by atoms with Gasteiger partial charge in [-0.1, -0.05) is 48.0 Å². The van der Waals surface area contributed by atoms with E-state index in [1.807, 2.05) is 12.1 Å². The SMILES string of the molecule is Cc1ccccc1CC[CH]CCCc1cccc(Cl)c1. The van der Waals surface area contributed by atoms with Crippen molar-refractivity contribution in [1.82, 2.24) is 0 Å². The smallest absolute Gasteiger partial charge is 0.0408 e. The molecule has 0 saturated heterocycles. The van der Waals surface area contributed by atoms with Crippen LogP contribution >= 0.6 is 11.6 Å². The van der Waals surface area contributed by atoms with E-state index in [-0.39, 0.29) is 0 Å². The first-order valence-corrected chi connectivity index (χ1v) is 7.74. The Balaban J connectivity index is 1.61. The van der Waals surface area contributed by atoms with Crippen molar-refractivity contribution in [2.75, 3.05) is 0 Å². The second-order valence-electron chi connectivity index (χ2n) is 5.28. The van der Waals surface area contributed by atoms with Gasteiger partial charge in [0.15, 0.2) is 0 Å². The second-order valence-corrected chi connectivity index (χ2v) is 5.71. The van der Waals surface area contributed by atoms with E-state index in [4.69, 9.17) is 11.6 Å². The topological polar surface area (TPSA) is 0 Å². The van der Waals surface area contributed by atoms with Gasteiger partial charge in [0.05, 0.1) is 0 Å². The minimum Gasteiger partial charge on any atom is -0.0843 e. The molecule has 0 atom stereocenters. The van der Waals surface area contributed by atoms with Crippen molar-refractivity contribution < 1.29 is 0 Å². The van der Waals surface area contributed by atoms with Gasteiger partial charge in [-0.2, -0.15) is 0 Å². The zero-order valence-electron chi connectivity index (χ0n) is 12.1. The fraction of sp³-hybridized carbons (Fsp3) is 0.316. The Hall–Kier alpha value is -1.27. The Bertz CT molecular complexity index is 531. The molecule has 0 aromatic heterocycles. The molecule has 1 heteroatoms. The van der Waals surface area contributed by atoms with Crippen molar-refractivity contribution in [1.29, 1.82) is 0 Å².